The zero-order valence-corrected chi connectivity index (χ0v) is 18.8. The van der Waals surface area contributed by atoms with E-state index in [4.69, 9.17) is 11.6 Å². The molecule has 1 atom stereocenters. The quantitative estimate of drug-likeness (QED) is 0.573. The summed E-state index contributed by atoms with van der Waals surface area (Å²) in [6.45, 7) is 3.36. The van der Waals surface area contributed by atoms with Gasteiger partial charge in [0.2, 0.25) is 0 Å². The van der Waals surface area contributed by atoms with Gasteiger partial charge in [0.15, 0.2) is 9.84 Å². The number of amides is 1. The maximum Gasteiger partial charge on any atom is 0.257 e. The van der Waals surface area contributed by atoms with E-state index >= 15 is 0 Å². The summed E-state index contributed by atoms with van der Waals surface area (Å²) < 4.78 is 38.4. The first kappa shape index (κ1) is 23.0. The number of hydrogen-bond acceptors (Lipinski definition) is 4. The molecule has 0 aliphatic carbocycles. The highest BCUT2D eigenvalue weighted by atomic mass is 35.5. The summed E-state index contributed by atoms with van der Waals surface area (Å²) in [5.41, 5.74) is 2.48. The van der Waals surface area contributed by atoms with Crippen LogP contribution in [0.1, 0.15) is 28.7 Å². The molecule has 3 aromatic rings. The lowest BCUT2D eigenvalue weighted by Gasteiger charge is -2.15. The van der Waals surface area contributed by atoms with Crippen molar-refractivity contribution in [2.75, 3.05) is 11.6 Å². The summed E-state index contributed by atoms with van der Waals surface area (Å²) >= 11 is 6.24. The van der Waals surface area contributed by atoms with Crippen LogP contribution in [0.4, 0.5) is 10.1 Å². The molecule has 2 aromatic carbocycles. The van der Waals surface area contributed by atoms with Gasteiger partial charge >= 0.3 is 0 Å². The molecule has 0 saturated heterocycles. The minimum absolute atomic E-state index is 0.151. The van der Waals surface area contributed by atoms with E-state index in [9.17, 15) is 22.7 Å². The highest BCUT2D eigenvalue weighted by Gasteiger charge is 2.21. The van der Waals surface area contributed by atoms with Gasteiger partial charge in [-0.2, -0.15) is 0 Å². The molecule has 164 valence electrons. The minimum atomic E-state index is -3.34. The van der Waals surface area contributed by atoms with Crippen molar-refractivity contribution in [3.05, 3.63) is 76.3 Å². The number of hydrogen-bond donors (Lipinski definition) is 2. The Labute approximate surface area is 185 Å². The number of halogens is 2. The molecule has 0 bridgehead atoms. The molecule has 6 nitrogen and oxygen atoms in total. The number of anilines is 1. The average Bonchev–Trinajstić information content (AvgIpc) is 2.97. The van der Waals surface area contributed by atoms with Crippen LogP contribution in [0.3, 0.4) is 0 Å². The maximum atomic E-state index is 13.5. The Bertz CT molecular complexity index is 1240. The molecule has 0 aliphatic rings. The van der Waals surface area contributed by atoms with Gasteiger partial charge in [0.05, 0.1) is 27.3 Å². The number of carbonyl (C=O) groups excluding carboxylic acids is 1. The van der Waals surface area contributed by atoms with Gasteiger partial charge in [0.25, 0.3) is 5.91 Å². The number of nitrogens with one attached hydrogen (secondary N) is 1. The van der Waals surface area contributed by atoms with E-state index in [1.54, 1.807) is 24.5 Å². The second-order valence-electron chi connectivity index (χ2n) is 7.37. The third kappa shape index (κ3) is 5.15. The molecular weight excluding hydrogens is 443 g/mol. The molecule has 1 aromatic heterocycles. The molecule has 0 saturated carbocycles. The number of benzene rings is 2. The summed E-state index contributed by atoms with van der Waals surface area (Å²) in [4.78, 5) is 13.1. The van der Waals surface area contributed by atoms with Crippen LogP contribution in [0, 0.1) is 12.7 Å². The summed E-state index contributed by atoms with van der Waals surface area (Å²) in [5, 5.41) is 12.8. The van der Waals surface area contributed by atoms with Crippen molar-refractivity contribution in [1.29, 1.82) is 0 Å². The summed E-state index contributed by atoms with van der Waals surface area (Å²) in [6.07, 6.45) is 0.689. The van der Waals surface area contributed by atoms with Crippen LogP contribution >= 0.6 is 11.6 Å². The zero-order valence-electron chi connectivity index (χ0n) is 17.2. The fourth-order valence-electron chi connectivity index (χ4n) is 3.34. The van der Waals surface area contributed by atoms with Crippen LogP contribution < -0.4 is 5.32 Å². The molecule has 3 rings (SSSR count). The smallest absolute Gasteiger partial charge is 0.257 e. The number of carbonyl (C=O) groups is 1. The SMILES string of the molecule is Cc1c(C(=O)Nc2ccc(S(C)(=O)=O)cc2)cc(C[C@H](C)O)n1-c1ccc(F)cc1Cl. The minimum Gasteiger partial charge on any atom is -0.393 e. The molecule has 0 fully saturated rings. The lowest BCUT2D eigenvalue weighted by Crippen LogP contribution is -2.13. The largest absolute Gasteiger partial charge is 0.393 e. The van der Waals surface area contributed by atoms with Gasteiger partial charge in [0.1, 0.15) is 5.82 Å². The number of rotatable bonds is 6. The van der Waals surface area contributed by atoms with Crippen molar-refractivity contribution in [3.63, 3.8) is 0 Å². The molecule has 0 radical (unpaired) electrons. The first-order valence-electron chi connectivity index (χ1n) is 9.43. The van der Waals surface area contributed by atoms with Gasteiger partial charge in [-0.1, -0.05) is 11.6 Å². The Hall–Kier alpha value is -2.68. The van der Waals surface area contributed by atoms with E-state index < -0.39 is 27.7 Å². The van der Waals surface area contributed by atoms with Crippen molar-refractivity contribution in [2.45, 2.75) is 31.3 Å². The summed E-state index contributed by atoms with van der Waals surface area (Å²) in [7, 11) is -3.34. The number of nitrogens with zero attached hydrogens (tertiary/aromatic N) is 1. The second-order valence-corrected chi connectivity index (χ2v) is 9.79. The first-order valence-corrected chi connectivity index (χ1v) is 11.7. The predicted octanol–water partition coefficient (Wildman–Crippen LogP) is 4.16. The van der Waals surface area contributed by atoms with E-state index in [2.05, 4.69) is 5.32 Å². The molecule has 0 unspecified atom stereocenters. The number of sulfone groups is 1. The van der Waals surface area contributed by atoms with Crippen LogP contribution in [-0.4, -0.2) is 36.4 Å². The van der Waals surface area contributed by atoms with E-state index in [1.807, 2.05) is 0 Å². The van der Waals surface area contributed by atoms with Crippen LogP contribution in [0.5, 0.6) is 0 Å². The second kappa shape index (κ2) is 8.82. The summed E-state index contributed by atoms with van der Waals surface area (Å²) in [6, 6.07) is 11.5. The van der Waals surface area contributed by atoms with Crippen LogP contribution in [0.2, 0.25) is 5.02 Å². The van der Waals surface area contributed by atoms with Gasteiger partial charge in [-0.25, -0.2) is 12.8 Å². The average molecular weight is 465 g/mol. The monoisotopic (exact) mass is 464 g/mol. The fraction of sp³-hybridized carbons (Fsp3) is 0.227. The lowest BCUT2D eigenvalue weighted by molar-refractivity contribution is 0.102. The van der Waals surface area contributed by atoms with E-state index in [0.717, 1.165) is 6.26 Å². The fourth-order valence-corrected chi connectivity index (χ4v) is 4.22. The third-order valence-electron chi connectivity index (χ3n) is 4.76. The number of aliphatic hydroxyl groups excluding tert-OH is 1. The summed E-state index contributed by atoms with van der Waals surface area (Å²) in [5.74, 6) is -0.889. The van der Waals surface area contributed by atoms with Crippen molar-refractivity contribution >= 4 is 33.0 Å². The Morgan fingerprint density at radius 1 is 1.19 bits per heavy atom. The van der Waals surface area contributed by atoms with Crippen molar-refractivity contribution in [3.8, 4) is 5.69 Å². The standard InChI is InChI=1S/C22H22ClFN2O4S/c1-13(27)10-17-12-19(14(2)26(17)21-9-4-15(24)11-20(21)23)22(28)25-16-5-7-18(8-6-16)31(3,29)30/h4-9,11-13,27H,10H2,1-3H3,(H,25,28)/t13-/m0/s1. The van der Waals surface area contributed by atoms with E-state index in [-0.39, 0.29) is 16.3 Å². The van der Waals surface area contributed by atoms with Crippen LogP contribution in [-0.2, 0) is 16.3 Å². The van der Waals surface area contributed by atoms with Crippen LogP contribution in [0.25, 0.3) is 5.69 Å². The van der Waals surface area contributed by atoms with Gasteiger partial charge in [-0.15, -0.1) is 0 Å². The lowest BCUT2D eigenvalue weighted by atomic mass is 10.2. The van der Waals surface area contributed by atoms with Gasteiger partial charge < -0.3 is 15.0 Å². The Morgan fingerprint density at radius 3 is 2.39 bits per heavy atom. The number of aromatic nitrogens is 1. The van der Waals surface area contributed by atoms with Gasteiger partial charge in [0, 0.05) is 29.8 Å². The highest BCUT2D eigenvalue weighted by molar-refractivity contribution is 7.90. The molecule has 9 heteroatoms. The number of aliphatic hydroxyl groups is 1. The molecule has 31 heavy (non-hydrogen) atoms. The molecule has 0 spiro atoms. The Kier molecular flexibility index (Phi) is 6.54. The molecule has 1 amide bonds. The first-order chi connectivity index (χ1) is 14.5. The Balaban J connectivity index is 1.99. The van der Waals surface area contributed by atoms with Crippen molar-refractivity contribution < 1.29 is 22.7 Å². The molecular formula is C22H22ClFN2O4S. The van der Waals surface area contributed by atoms with E-state index in [0.29, 0.717) is 28.3 Å². The van der Waals surface area contributed by atoms with Gasteiger partial charge in [-0.3, -0.25) is 4.79 Å². The highest BCUT2D eigenvalue weighted by Crippen LogP contribution is 2.29. The third-order valence-corrected chi connectivity index (χ3v) is 6.19. The normalized spacial score (nSPS) is 12.6. The Morgan fingerprint density at radius 2 is 1.84 bits per heavy atom. The predicted molar refractivity (Wildman–Crippen MR) is 118 cm³/mol. The van der Waals surface area contributed by atoms with Crippen molar-refractivity contribution in [2.24, 2.45) is 0 Å². The molecule has 1 heterocycles. The zero-order chi connectivity index (χ0) is 22.9. The van der Waals surface area contributed by atoms with Gasteiger partial charge in [-0.05, 0) is 62.4 Å². The molecule has 0 aliphatic heterocycles. The topological polar surface area (TPSA) is 88.4 Å². The van der Waals surface area contributed by atoms with E-state index in [1.165, 1.54) is 42.5 Å². The van der Waals surface area contributed by atoms with Crippen LogP contribution in [0.15, 0.2) is 53.4 Å². The van der Waals surface area contributed by atoms with Crippen molar-refractivity contribution in [1.82, 2.24) is 4.57 Å². The maximum absolute atomic E-state index is 13.5. The molecule has 2 N–H and O–H groups in total.